The van der Waals surface area contributed by atoms with Gasteiger partial charge in [0.05, 0.1) is 14.2 Å². The van der Waals surface area contributed by atoms with Crippen LogP contribution in [-0.4, -0.2) is 84.3 Å². The van der Waals surface area contributed by atoms with Gasteiger partial charge in [-0.2, -0.15) is 0 Å². The zero-order valence-electron chi connectivity index (χ0n) is 22.0. The molecule has 0 saturated heterocycles. The van der Waals surface area contributed by atoms with Gasteiger partial charge in [-0.3, -0.25) is 0 Å². The van der Waals surface area contributed by atoms with Gasteiger partial charge < -0.3 is 49.7 Å². The third-order valence-electron chi connectivity index (χ3n) is 4.12. The number of hydrogen-bond acceptors (Lipinski definition) is 11. The molecule has 0 radical (unpaired) electrons. The molecule has 0 rings (SSSR count). The molecule has 0 aromatic heterocycles. The van der Waals surface area contributed by atoms with E-state index in [1.54, 1.807) is 0 Å². The summed E-state index contributed by atoms with van der Waals surface area (Å²) in [6.45, 7) is 7.88. The molecule has 15 heteroatoms. The molecule has 0 aliphatic carbocycles. The van der Waals surface area contributed by atoms with Crippen molar-refractivity contribution < 1.29 is 24.7 Å². The molecule has 212 valence electrons. The van der Waals surface area contributed by atoms with Gasteiger partial charge in [-0.25, -0.2) is 29.5 Å². The lowest BCUT2D eigenvalue weighted by molar-refractivity contribution is -0.270. The first kappa shape index (κ1) is 37.7. The van der Waals surface area contributed by atoms with Crippen LogP contribution in [0.4, 0.5) is 0 Å². The van der Waals surface area contributed by atoms with E-state index >= 15 is 0 Å². The van der Waals surface area contributed by atoms with Gasteiger partial charge in [0.15, 0.2) is 25.4 Å². The van der Waals surface area contributed by atoms with Crippen LogP contribution in [0.25, 0.3) is 0 Å². The molecule has 0 heterocycles. The molecule has 0 amide bonds. The highest BCUT2D eigenvalue weighted by atomic mass is 17.2. The molecule has 0 bridgehead atoms. The number of aliphatic hydroxyl groups is 1. The minimum Gasteiger partial charge on any atom is -0.396 e. The number of nitrogens with zero attached hydrogens (tertiary/aromatic N) is 2. The highest BCUT2D eigenvalue weighted by Gasteiger charge is 2.01. The predicted molar refractivity (Wildman–Crippen MR) is 139 cm³/mol. The van der Waals surface area contributed by atoms with Crippen LogP contribution in [0, 0.1) is 11.8 Å². The van der Waals surface area contributed by atoms with Gasteiger partial charge in [-0.1, -0.05) is 13.8 Å². The summed E-state index contributed by atoms with van der Waals surface area (Å²) in [5.41, 5.74) is 25.7. The van der Waals surface area contributed by atoms with E-state index in [9.17, 15) is 0 Å². The van der Waals surface area contributed by atoms with Crippen molar-refractivity contribution in [1.82, 2.24) is 16.0 Å². The fourth-order valence-electron chi connectivity index (χ4n) is 2.27. The number of hydrogen-bond donors (Lipinski definition) is 9. The Morgan fingerprint density at radius 1 is 0.829 bits per heavy atom. The van der Waals surface area contributed by atoms with Crippen LogP contribution in [0.15, 0.2) is 9.98 Å². The van der Waals surface area contributed by atoms with E-state index in [0.29, 0.717) is 30.4 Å². The lowest BCUT2D eigenvalue weighted by Gasteiger charge is -2.11. The first-order valence-electron chi connectivity index (χ1n) is 11.6. The van der Waals surface area contributed by atoms with Crippen molar-refractivity contribution in [3.05, 3.63) is 0 Å². The molecule has 0 fully saturated rings. The maximum absolute atomic E-state index is 8.79. The van der Waals surface area contributed by atoms with Gasteiger partial charge >= 0.3 is 0 Å². The van der Waals surface area contributed by atoms with E-state index in [0.717, 1.165) is 45.3 Å². The number of aliphatic imine (C=N–C) groups is 2. The van der Waals surface area contributed by atoms with Gasteiger partial charge in [0.25, 0.3) is 0 Å². The summed E-state index contributed by atoms with van der Waals surface area (Å²) in [5, 5.41) is 17.8. The number of nitrogens with one attached hydrogen (secondary N) is 3. The van der Waals surface area contributed by atoms with Crippen LogP contribution < -0.4 is 44.6 Å². The normalized spacial score (nSPS) is 13.1. The first-order valence-corrected chi connectivity index (χ1v) is 11.6. The van der Waals surface area contributed by atoms with Crippen molar-refractivity contribution in [1.29, 1.82) is 0 Å². The van der Waals surface area contributed by atoms with Crippen molar-refractivity contribution in [2.45, 2.75) is 39.5 Å². The number of guanidine groups is 2. The second-order valence-corrected chi connectivity index (χ2v) is 7.34. The van der Waals surface area contributed by atoms with Gasteiger partial charge in [0.2, 0.25) is 0 Å². The van der Waals surface area contributed by atoms with Crippen molar-refractivity contribution in [2.75, 3.05) is 67.3 Å². The average molecular weight is 513 g/mol. The fourth-order valence-corrected chi connectivity index (χ4v) is 2.27. The minimum atomic E-state index is 0.0857. The van der Waals surface area contributed by atoms with Crippen molar-refractivity contribution in [2.24, 2.45) is 50.5 Å². The van der Waals surface area contributed by atoms with Crippen LogP contribution in [0.5, 0.6) is 0 Å². The summed E-state index contributed by atoms with van der Waals surface area (Å²) < 4.78 is 0. The minimum absolute atomic E-state index is 0.0857. The molecular weight excluding hydrogens is 460 g/mol. The van der Waals surface area contributed by atoms with Gasteiger partial charge in [0.1, 0.15) is 0 Å². The van der Waals surface area contributed by atoms with E-state index in [2.05, 4.69) is 63.9 Å². The molecule has 0 aliphatic rings. The standard InChI is InChI=1S/C10H25N5O2.C9H21N3O3.CH6N2/c1-9(6-13-7-11)4-3-5-14-10(12)15-8-17-16-2;1-8(6-13)4-3-5-11-9(10)12-7-15-14-2;2-1-3/h9,13H,3-8,11H2,1-2H3,(H3,12,14,15);8,13H,3-7H2,1-2H3,(H3,10,11,12);1-3H2. The fraction of sp³-hybridized carbons (Fsp3) is 0.900. The monoisotopic (exact) mass is 512 g/mol. The van der Waals surface area contributed by atoms with E-state index in [1.165, 1.54) is 14.2 Å². The zero-order chi connectivity index (χ0) is 27.2. The quantitative estimate of drug-likeness (QED) is 0.0242. The Morgan fingerprint density at radius 2 is 1.26 bits per heavy atom. The molecular formula is C20H52N10O5. The highest BCUT2D eigenvalue weighted by molar-refractivity contribution is 5.77. The summed E-state index contributed by atoms with van der Waals surface area (Å²) in [4.78, 5) is 25.5. The topological polar surface area (TPSA) is 248 Å². The predicted octanol–water partition coefficient (Wildman–Crippen LogP) is -1.96. The maximum Gasteiger partial charge on any atom is 0.191 e. The SMILES string of the molecule is COOCN=C(N)NCCCC(C)CNCN.COOCN=C(N)NCCCC(C)CO.NCN. The summed E-state index contributed by atoms with van der Waals surface area (Å²) in [7, 11) is 2.84. The van der Waals surface area contributed by atoms with Gasteiger partial charge in [-0.05, 0) is 44.1 Å². The van der Waals surface area contributed by atoms with Gasteiger partial charge in [-0.15, -0.1) is 0 Å². The summed E-state index contributed by atoms with van der Waals surface area (Å²) >= 11 is 0. The molecule has 2 unspecified atom stereocenters. The average Bonchev–Trinajstić information content (AvgIpc) is 2.84. The number of rotatable bonds is 18. The summed E-state index contributed by atoms with van der Waals surface area (Å²) in [6.07, 6.45) is 4.06. The molecule has 0 saturated carbocycles. The Morgan fingerprint density at radius 3 is 1.63 bits per heavy atom. The first-order chi connectivity index (χ1) is 16.8. The molecule has 0 aromatic rings. The molecule has 0 aromatic carbocycles. The van der Waals surface area contributed by atoms with Crippen LogP contribution in [-0.2, 0) is 19.6 Å². The van der Waals surface area contributed by atoms with Crippen LogP contribution in [0.3, 0.4) is 0 Å². The van der Waals surface area contributed by atoms with E-state index in [4.69, 9.17) is 22.3 Å². The third kappa shape index (κ3) is 36.9. The third-order valence-corrected chi connectivity index (χ3v) is 4.12. The smallest absolute Gasteiger partial charge is 0.191 e. The molecule has 35 heavy (non-hydrogen) atoms. The Hall–Kier alpha value is -1.82. The Bertz CT molecular complexity index is 476. The van der Waals surface area contributed by atoms with E-state index in [1.807, 2.05) is 6.92 Å². The lowest BCUT2D eigenvalue weighted by atomic mass is 10.1. The Labute approximate surface area is 210 Å². The van der Waals surface area contributed by atoms with Gasteiger partial charge in [0, 0.05) is 33.0 Å². The van der Waals surface area contributed by atoms with Crippen LogP contribution >= 0.6 is 0 Å². The van der Waals surface area contributed by atoms with Crippen molar-refractivity contribution in [3.63, 3.8) is 0 Å². The zero-order valence-corrected chi connectivity index (χ0v) is 22.0. The summed E-state index contributed by atoms with van der Waals surface area (Å²) in [5.74, 6) is 1.65. The molecule has 14 N–H and O–H groups in total. The van der Waals surface area contributed by atoms with Crippen LogP contribution in [0.2, 0.25) is 0 Å². The maximum atomic E-state index is 8.79. The number of aliphatic hydroxyl groups excluding tert-OH is 1. The Balaban J connectivity index is -0.000000528. The largest absolute Gasteiger partial charge is 0.396 e. The van der Waals surface area contributed by atoms with Crippen molar-refractivity contribution >= 4 is 11.9 Å². The van der Waals surface area contributed by atoms with Crippen LogP contribution in [0.1, 0.15) is 39.5 Å². The van der Waals surface area contributed by atoms with E-state index < -0.39 is 0 Å². The van der Waals surface area contributed by atoms with Crippen molar-refractivity contribution in [3.8, 4) is 0 Å². The lowest BCUT2D eigenvalue weighted by Crippen LogP contribution is -2.33. The molecule has 2 atom stereocenters. The summed E-state index contributed by atoms with van der Waals surface area (Å²) in [6, 6.07) is 0. The second kappa shape index (κ2) is 32.2. The number of nitrogens with two attached hydrogens (primary N) is 5. The second-order valence-electron chi connectivity index (χ2n) is 7.34. The molecule has 0 spiro atoms. The van der Waals surface area contributed by atoms with E-state index in [-0.39, 0.29) is 26.7 Å². The highest BCUT2D eigenvalue weighted by Crippen LogP contribution is 2.03. The molecule has 15 nitrogen and oxygen atoms in total. The molecule has 0 aliphatic heterocycles. The Kier molecular flexibility index (Phi) is 34.7.